The van der Waals surface area contributed by atoms with Crippen LogP contribution >= 0.6 is 0 Å². The molecule has 2 aromatic rings. The van der Waals surface area contributed by atoms with Crippen molar-refractivity contribution in [2.24, 2.45) is 0 Å². The third-order valence-electron chi connectivity index (χ3n) is 4.09. The Morgan fingerprint density at radius 3 is 2.12 bits per heavy atom. The van der Waals surface area contributed by atoms with Crippen LogP contribution in [-0.4, -0.2) is 27.1 Å². The molecular weight excluding hydrogens is 312 g/mol. The quantitative estimate of drug-likeness (QED) is 0.477. The van der Waals surface area contributed by atoms with Crippen LogP contribution in [0.1, 0.15) is 17.0 Å². The molecule has 0 aliphatic carbocycles. The van der Waals surface area contributed by atoms with Gasteiger partial charge >= 0.3 is 0 Å². The molecule has 0 amide bonds. The van der Waals surface area contributed by atoms with E-state index in [0.717, 1.165) is 23.8 Å². The zero-order valence-corrected chi connectivity index (χ0v) is 16.0. The number of hydrogen-bond acceptors (Lipinski definition) is 2. The fourth-order valence-electron chi connectivity index (χ4n) is 2.56. The van der Waals surface area contributed by atoms with Crippen LogP contribution in [-0.2, 0) is 16.0 Å². The normalized spacial score (nSPS) is 12.8. The van der Waals surface area contributed by atoms with Gasteiger partial charge in [0.15, 0.2) is 0 Å². The Balaban J connectivity index is 2.01. The van der Waals surface area contributed by atoms with Crippen molar-refractivity contribution >= 4 is 13.9 Å². The molecule has 2 aromatic carbocycles. The van der Waals surface area contributed by atoms with Gasteiger partial charge in [-0.1, -0.05) is 80.3 Å². The molecule has 0 aliphatic rings. The van der Waals surface area contributed by atoms with Crippen molar-refractivity contribution in [1.29, 1.82) is 0 Å². The summed E-state index contributed by atoms with van der Waals surface area (Å²) >= 11 is 0. The van der Waals surface area contributed by atoms with Crippen LogP contribution in [0.3, 0.4) is 0 Å². The van der Waals surface area contributed by atoms with Gasteiger partial charge in [0, 0.05) is 21.1 Å². The molecule has 0 spiro atoms. The lowest BCUT2D eigenvalue weighted by Gasteiger charge is -2.19. The van der Waals surface area contributed by atoms with E-state index in [4.69, 9.17) is 4.74 Å². The van der Waals surface area contributed by atoms with Crippen molar-refractivity contribution in [3.8, 4) is 0 Å². The molecule has 0 heterocycles. The number of rotatable bonds is 9. The first kappa shape index (κ1) is 18.6. The highest BCUT2D eigenvalue weighted by Gasteiger charge is 2.21. The first-order chi connectivity index (χ1) is 11.5. The van der Waals surface area contributed by atoms with Gasteiger partial charge in [-0.05, 0) is 17.2 Å². The molecule has 0 bridgehead atoms. The highest BCUT2D eigenvalue weighted by Crippen LogP contribution is 2.20. The van der Waals surface area contributed by atoms with Gasteiger partial charge in [-0.2, -0.15) is 0 Å². The van der Waals surface area contributed by atoms with E-state index in [-0.39, 0.29) is 11.7 Å². The van der Waals surface area contributed by atoms with E-state index in [1.54, 1.807) is 0 Å². The second-order valence-corrected chi connectivity index (χ2v) is 13.1. The average Bonchev–Trinajstić information content (AvgIpc) is 2.55. The van der Waals surface area contributed by atoms with Crippen LogP contribution in [0.5, 0.6) is 0 Å². The number of Topliss-reactive ketones (excluding diaryl/α,β-unsaturated/α-hetero) is 1. The minimum Gasteiger partial charge on any atom is -0.381 e. The van der Waals surface area contributed by atoms with Crippen molar-refractivity contribution in [1.82, 2.24) is 0 Å². The van der Waals surface area contributed by atoms with Gasteiger partial charge in [0.2, 0.25) is 0 Å². The first-order valence-electron chi connectivity index (χ1n) is 8.65. The van der Waals surface area contributed by atoms with Gasteiger partial charge in [-0.15, -0.1) is 0 Å². The third-order valence-corrected chi connectivity index (χ3v) is 5.80. The van der Waals surface area contributed by atoms with Crippen molar-refractivity contribution in [2.75, 3.05) is 13.2 Å². The maximum Gasteiger partial charge on any atom is 0.147 e. The summed E-state index contributed by atoms with van der Waals surface area (Å²) in [6, 6.07) is 21.1. The summed E-state index contributed by atoms with van der Waals surface area (Å²) in [5.41, 5.74) is 2.11. The number of carbonyl (C=O) groups excluding carboxylic acids is 1. The second kappa shape index (κ2) is 8.95. The summed E-state index contributed by atoms with van der Waals surface area (Å²) in [7, 11) is -1.11. The predicted molar refractivity (Wildman–Crippen MR) is 103 cm³/mol. The molecule has 1 atom stereocenters. The van der Waals surface area contributed by atoms with E-state index in [0.29, 0.717) is 13.0 Å². The SMILES string of the molecule is C[Si](C)(C)CCOCC(C(=O)Cc1ccccc1)c1ccccc1. The van der Waals surface area contributed by atoms with E-state index in [9.17, 15) is 4.79 Å². The van der Waals surface area contributed by atoms with Gasteiger partial charge in [0.05, 0.1) is 12.5 Å². The van der Waals surface area contributed by atoms with Crippen LogP contribution in [0, 0.1) is 0 Å². The van der Waals surface area contributed by atoms with Gasteiger partial charge in [0.25, 0.3) is 0 Å². The number of carbonyl (C=O) groups is 1. The zero-order valence-electron chi connectivity index (χ0n) is 15.0. The highest BCUT2D eigenvalue weighted by atomic mass is 28.3. The van der Waals surface area contributed by atoms with E-state index in [2.05, 4.69) is 19.6 Å². The van der Waals surface area contributed by atoms with Crippen molar-refractivity contribution < 1.29 is 9.53 Å². The maximum atomic E-state index is 12.8. The Hall–Kier alpha value is -1.71. The summed E-state index contributed by atoms with van der Waals surface area (Å²) in [6.45, 7) is 8.24. The molecule has 0 saturated heterocycles. The molecule has 24 heavy (non-hydrogen) atoms. The minimum atomic E-state index is -1.11. The Kier molecular flexibility index (Phi) is 6.94. The number of ketones is 1. The lowest BCUT2D eigenvalue weighted by Crippen LogP contribution is -2.24. The molecule has 0 radical (unpaired) electrons. The number of benzene rings is 2. The maximum absolute atomic E-state index is 12.8. The molecule has 0 fully saturated rings. The van der Waals surface area contributed by atoms with Gasteiger partial charge in [0.1, 0.15) is 5.78 Å². The van der Waals surface area contributed by atoms with E-state index in [1.165, 1.54) is 0 Å². The smallest absolute Gasteiger partial charge is 0.147 e. The first-order valence-corrected chi connectivity index (χ1v) is 12.4. The van der Waals surface area contributed by atoms with Gasteiger partial charge < -0.3 is 4.74 Å². The van der Waals surface area contributed by atoms with E-state index in [1.807, 2.05) is 60.7 Å². The lowest BCUT2D eigenvalue weighted by molar-refractivity contribution is -0.121. The Labute approximate surface area is 146 Å². The third kappa shape index (κ3) is 6.42. The molecule has 1 unspecified atom stereocenters. The van der Waals surface area contributed by atoms with Crippen LogP contribution < -0.4 is 0 Å². The Morgan fingerprint density at radius 2 is 1.54 bits per heavy atom. The molecule has 2 rings (SSSR count). The zero-order chi connectivity index (χ0) is 17.4. The lowest BCUT2D eigenvalue weighted by atomic mass is 9.92. The largest absolute Gasteiger partial charge is 0.381 e. The topological polar surface area (TPSA) is 26.3 Å². The molecule has 128 valence electrons. The van der Waals surface area contributed by atoms with Crippen molar-refractivity contribution in [2.45, 2.75) is 38.0 Å². The minimum absolute atomic E-state index is 0.187. The van der Waals surface area contributed by atoms with Crippen molar-refractivity contribution in [3.05, 3.63) is 71.8 Å². The summed E-state index contributed by atoms with van der Waals surface area (Å²) in [5.74, 6) is 0.0356. The fourth-order valence-corrected chi connectivity index (χ4v) is 3.32. The Morgan fingerprint density at radius 1 is 0.958 bits per heavy atom. The average molecular weight is 341 g/mol. The number of hydrogen-bond donors (Lipinski definition) is 0. The van der Waals surface area contributed by atoms with Crippen LogP contribution in [0.25, 0.3) is 0 Å². The standard InChI is InChI=1S/C21H28O2Si/c1-24(2,3)15-14-23-17-20(19-12-8-5-9-13-19)21(22)16-18-10-6-4-7-11-18/h4-13,20H,14-17H2,1-3H3. The molecule has 0 aliphatic heterocycles. The van der Waals surface area contributed by atoms with Crippen LogP contribution in [0.15, 0.2) is 60.7 Å². The van der Waals surface area contributed by atoms with Crippen molar-refractivity contribution in [3.63, 3.8) is 0 Å². The molecule has 3 heteroatoms. The van der Waals surface area contributed by atoms with Gasteiger partial charge in [-0.25, -0.2) is 0 Å². The molecule has 2 nitrogen and oxygen atoms in total. The molecule has 0 saturated carbocycles. The Bertz CT molecular complexity index is 617. The second-order valence-electron chi connectivity index (χ2n) is 7.48. The van der Waals surface area contributed by atoms with Gasteiger partial charge in [-0.3, -0.25) is 4.79 Å². The molecule has 0 aromatic heterocycles. The predicted octanol–water partition coefficient (Wildman–Crippen LogP) is 4.94. The fraction of sp³-hybridized carbons (Fsp3) is 0.381. The molecular formula is C21H28O2Si. The molecule has 0 N–H and O–H groups in total. The monoisotopic (exact) mass is 340 g/mol. The van der Waals surface area contributed by atoms with Crippen LogP contribution in [0.2, 0.25) is 25.7 Å². The van der Waals surface area contributed by atoms with E-state index >= 15 is 0 Å². The van der Waals surface area contributed by atoms with Crippen LogP contribution in [0.4, 0.5) is 0 Å². The summed E-state index contributed by atoms with van der Waals surface area (Å²) < 4.78 is 5.90. The summed E-state index contributed by atoms with van der Waals surface area (Å²) in [5, 5.41) is 0. The summed E-state index contributed by atoms with van der Waals surface area (Å²) in [4.78, 5) is 12.8. The highest BCUT2D eigenvalue weighted by molar-refractivity contribution is 6.76. The number of ether oxygens (including phenoxy) is 1. The van der Waals surface area contributed by atoms with E-state index < -0.39 is 8.07 Å². The summed E-state index contributed by atoms with van der Waals surface area (Å²) in [6.07, 6.45) is 0.456.